The van der Waals surface area contributed by atoms with Gasteiger partial charge in [-0.05, 0) is 12.0 Å². The lowest BCUT2D eigenvalue weighted by molar-refractivity contribution is -0.140. The van der Waals surface area contributed by atoms with Crippen LogP contribution in [0.5, 0.6) is 0 Å². The van der Waals surface area contributed by atoms with Crippen molar-refractivity contribution in [3.8, 4) is 0 Å². The van der Waals surface area contributed by atoms with Gasteiger partial charge in [-0.3, -0.25) is 14.2 Å². The minimum atomic E-state index is -4.28. The van der Waals surface area contributed by atoms with Gasteiger partial charge in [0.15, 0.2) is 0 Å². The molecule has 0 saturated carbocycles. The molecule has 1 aliphatic rings. The first-order valence-electron chi connectivity index (χ1n) is 10.4. The molecular weight excluding hydrogens is 458 g/mol. The molecule has 2 amide bonds. The highest BCUT2D eigenvalue weighted by Gasteiger charge is 2.26. The molecule has 2 atom stereocenters. The largest absolute Gasteiger partial charge is 0.480 e. The maximum absolute atomic E-state index is 12.4. The smallest absolute Gasteiger partial charge is 0.408 e. The molecule has 1 unspecified atom stereocenters. The van der Waals surface area contributed by atoms with E-state index >= 15 is 0 Å². The Hall–Kier alpha value is -2.74. The van der Waals surface area contributed by atoms with Crippen molar-refractivity contribution in [3.05, 3.63) is 35.9 Å². The Balaban J connectivity index is 1.72. The summed E-state index contributed by atoms with van der Waals surface area (Å²) in [5, 5.41) is 21.3. The van der Waals surface area contributed by atoms with Gasteiger partial charge in [-0.15, -0.1) is 0 Å². The molecule has 1 aromatic carbocycles. The van der Waals surface area contributed by atoms with Gasteiger partial charge in [0.05, 0.1) is 6.10 Å². The van der Waals surface area contributed by atoms with Crippen LogP contribution in [0.4, 0.5) is 4.79 Å². The lowest BCUT2D eigenvalue weighted by atomic mass is 10.1. The summed E-state index contributed by atoms with van der Waals surface area (Å²) >= 11 is 0. The summed E-state index contributed by atoms with van der Waals surface area (Å²) < 4.78 is 35.4. The van der Waals surface area contributed by atoms with E-state index in [9.17, 15) is 33.0 Å². The van der Waals surface area contributed by atoms with Crippen molar-refractivity contribution in [1.82, 2.24) is 15.1 Å². The molecule has 1 saturated heterocycles. The second-order valence-electron chi connectivity index (χ2n) is 7.72. The molecular formula is C20H29N3O9S. The zero-order valence-electron chi connectivity index (χ0n) is 18.0. The number of benzene rings is 1. The highest BCUT2D eigenvalue weighted by molar-refractivity contribution is 7.85. The number of piperazine rings is 1. The second-order valence-corrected chi connectivity index (χ2v) is 9.22. The van der Waals surface area contributed by atoms with Crippen LogP contribution in [-0.2, 0) is 31.1 Å². The summed E-state index contributed by atoms with van der Waals surface area (Å²) in [6, 6.07) is 7.61. The first-order valence-corrected chi connectivity index (χ1v) is 12.0. The van der Waals surface area contributed by atoms with Crippen LogP contribution in [0, 0.1) is 0 Å². The van der Waals surface area contributed by atoms with Crippen LogP contribution in [0.1, 0.15) is 18.4 Å². The lowest BCUT2D eigenvalue weighted by Gasteiger charge is -2.35. The molecule has 2 rings (SSSR count). The van der Waals surface area contributed by atoms with Gasteiger partial charge in [0, 0.05) is 39.1 Å². The average molecular weight is 488 g/mol. The van der Waals surface area contributed by atoms with E-state index in [1.165, 1.54) is 4.90 Å². The van der Waals surface area contributed by atoms with E-state index in [0.717, 1.165) is 5.56 Å². The number of carbonyl (C=O) groups excluding carboxylic acids is 2. The summed E-state index contributed by atoms with van der Waals surface area (Å²) in [5.41, 5.74) is 0.749. The number of hydrogen-bond acceptors (Lipinski definition) is 8. The Morgan fingerprint density at radius 3 is 2.30 bits per heavy atom. The van der Waals surface area contributed by atoms with Gasteiger partial charge < -0.3 is 25.2 Å². The number of aliphatic hydroxyl groups excluding tert-OH is 1. The number of nitrogens with zero attached hydrogens (tertiary/aromatic N) is 2. The number of carbonyl (C=O) groups is 3. The predicted molar refractivity (Wildman–Crippen MR) is 116 cm³/mol. The fourth-order valence-corrected chi connectivity index (χ4v) is 3.96. The number of β-amino-alcohol motifs (C(OH)–C–C–N with tert-alkyl or cyclic N) is 1. The monoisotopic (exact) mass is 487 g/mol. The van der Waals surface area contributed by atoms with E-state index < -0.39 is 40.1 Å². The number of rotatable bonds is 11. The lowest BCUT2D eigenvalue weighted by Crippen LogP contribution is -2.51. The number of carboxylic acids is 1. The summed E-state index contributed by atoms with van der Waals surface area (Å²) in [7, 11) is -4.28. The molecule has 1 aromatic rings. The van der Waals surface area contributed by atoms with Gasteiger partial charge in [0.25, 0.3) is 10.1 Å². The molecule has 0 aliphatic carbocycles. The fourth-order valence-electron chi connectivity index (χ4n) is 3.36. The molecule has 4 N–H and O–H groups in total. The van der Waals surface area contributed by atoms with Crippen molar-refractivity contribution in [2.24, 2.45) is 0 Å². The number of amides is 2. The number of carboxylic acid groups (broad SMARTS) is 1. The van der Waals surface area contributed by atoms with Crippen molar-refractivity contribution < 1.29 is 42.3 Å². The van der Waals surface area contributed by atoms with Gasteiger partial charge in [-0.1, -0.05) is 30.3 Å². The van der Waals surface area contributed by atoms with Gasteiger partial charge in [-0.2, -0.15) is 8.42 Å². The Morgan fingerprint density at radius 1 is 1.09 bits per heavy atom. The Kier molecular flexibility index (Phi) is 10.0. The van der Waals surface area contributed by atoms with Crippen molar-refractivity contribution in [2.45, 2.75) is 31.6 Å². The molecule has 0 bridgehead atoms. The van der Waals surface area contributed by atoms with Crippen LogP contribution in [0.25, 0.3) is 0 Å². The van der Waals surface area contributed by atoms with E-state index in [0.29, 0.717) is 26.2 Å². The highest BCUT2D eigenvalue weighted by Crippen LogP contribution is 2.09. The minimum absolute atomic E-state index is 0.0127. The third kappa shape index (κ3) is 10.2. The molecule has 184 valence electrons. The van der Waals surface area contributed by atoms with Crippen LogP contribution in [-0.4, -0.2) is 102 Å². The van der Waals surface area contributed by atoms with Gasteiger partial charge in [0.1, 0.15) is 18.4 Å². The molecule has 0 spiro atoms. The number of hydrogen-bond donors (Lipinski definition) is 4. The van der Waals surface area contributed by atoms with Gasteiger partial charge in [-0.25, -0.2) is 9.59 Å². The summed E-state index contributed by atoms with van der Waals surface area (Å²) in [5.74, 6) is -2.32. The first kappa shape index (κ1) is 26.5. The summed E-state index contributed by atoms with van der Waals surface area (Å²) in [4.78, 5) is 39.1. The van der Waals surface area contributed by atoms with E-state index in [1.807, 2.05) is 6.07 Å². The molecule has 0 radical (unpaired) electrons. The number of alkyl carbamates (subject to hydrolysis) is 1. The first-order chi connectivity index (χ1) is 15.5. The normalized spacial score (nSPS) is 16.6. The molecule has 1 fully saturated rings. The third-order valence-electron chi connectivity index (χ3n) is 5.05. The van der Waals surface area contributed by atoms with Crippen molar-refractivity contribution >= 4 is 28.1 Å². The van der Waals surface area contributed by atoms with Gasteiger partial charge in [0.2, 0.25) is 5.91 Å². The summed E-state index contributed by atoms with van der Waals surface area (Å²) in [6.45, 7) is 1.45. The predicted octanol–water partition coefficient (Wildman–Crippen LogP) is -0.461. The Labute approximate surface area is 191 Å². The second kappa shape index (κ2) is 12.5. The molecule has 13 heteroatoms. The van der Waals surface area contributed by atoms with E-state index in [1.54, 1.807) is 29.2 Å². The quantitative estimate of drug-likeness (QED) is 0.299. The number of aliphatic carboxylic acids is 1. The van der Waals surface area contributed by atoms with Crippen LogP contribution in [0.2, 0.25) is 0 Å². The molecule has 1 aliphatic heterocycles. The average Bonchev–Trinajstić information content (AvgIpc) is 2.74. The van der Waals surface area contributed by atoms with E-state index in [4.69, 9.17) is 9.29 Å². The number of nitrogens with one attached hydrogen (secondary N) is 1. The molecule has 0 aromatic heterocycles. The standard InChI is InChI=1S/C20H29N3O9S/c24-16(14-33(29,30)31)12-22-8-10-23(11-9-22)18(25)7-6-17(19(26)27)21-20(28)32-13-15-4-2-1-3-5-15/h1-5,16-17,24H,6-14H2,(H,21,28)(H,26,27)(H,29,30,31)/t16?,17-/m0/s1. The number of ether oxygens (including phenoxy) is 1. The third-order valence-corrected chi connectivity index (χ3v) is 5.85. The zero-order valence-corrected chi connectivity index (χ0v) is 18.8. The van der Waals surface area contributed by atoms with E-state index in [-0.39, 0.29) is 31.9 Å². The van der Waals surface area contributed by atoms with Gasteiger partial charge >= 0.3 is 12.1 Å². The topological polar surface area (TPSA) is 174 Å². The maximum atomic E-state index is 12.4. The minimum Gasteiger partial charge on any atom is -0.480 e. The Bertz CT molecular complexity index is 903. The van der Waals surface area contributed by atoms with Crippen molar-refractivity contribution in [3.63, 3.8) is 0 Å². The van der Waals surface area contributed by atoms with E-state index in [2.05, 4.69) is 5.32 Å². The Morgan fingerprint density at radius 2 is 1.73 bits per heavy atom. The highest BCUT2D eigenvalue weighted by atomic mass is 32.2. The van der Waals surface area contributed by atoms with Crippen LogP contribution in [0.15, 0.2) is 30.3 Å². The molecule has 1 heterocycles. The fraction of sp³-hybridized carbons (Fsp3) is 0.550. The van der Waals surface area contributed by atoms with Crippen LogP contribution in [0.3, 0.4) is 0 Å². The van der Waals surface area contributed by atoms with Crippen LogP contribution < -0.4 is 5.32 Å². The maximum Gasteiger partial charge on any atom is 0.408 e. The number of aliphatic hydroxyl groups is 1. The SMILES string of the molecule is O=C(N[C@@H](CCC(=O)N1CCN(CC(O)CS(=O)(=O)O)CC1)C(=O)O)OCc1ccccc1. The zero-order chi connectivity index (χ0) is 24.4. The molecule has 33 heavy (non-hydrogen) atoms. The van der Waals surface area contributed by atoms with Crippen LogP contribution >= 0.6 is 0 Å². The van der Waals surface area contributed by atoms with Crippen molar-refractivity contribution in [2.75, 3.05) is 38.5 Å². The van der Waals surface area contributed by atoms with Crippen molar-refractivity contribution in [1.29, 1.82) is 0 Å². The molecule has 12 nitrogen and oxygen atoms in total. The summed E-state index contributed by atoms with van der Waals surface area (Å²) in [6.07, 6.45) is -2.34.